The lowest BCUT2D eigenvalue weighted by Crippen LogP contribution is -2.49. The van der Waals surface area contributed by atoms with Gasteiger partial charge in [-0.05, 0) is 18.1 Å². The minimum absolute atomic E-state index is 0.0842. The monoisotopic (exact) mass is 314 g/mol. The van der Waals surface area contributed by atoms with Crippen LogP contribution in [0.15, 0.2) is 18.2 Å². The molecule has 1 heterocycles. The van der Waals surface area contributed by atoms with E-state index >= 15 is 0 Å². The van der Waals surface area contributed by atoms with Crippen LogP contribution in [0.4, 0.5) is 13.6 Å². The van der Waals surface area contributed by atoms with E-state index in [1.165, 1.54) is 17.0 Å². The van der Waals surface area contributed by atoms with Gasteiger partial charge in [0.05, 0.1) is 6.54 Å². The van der Waals surface area contributed by atoms with E-state index in [1.54, 1.807) is 0 Å². The van der Waals surface area contributed by atoms with E-state index in [9.17, 15) is 18.4 Å². The number of hydrogen-bond acceptors (Lipinski definition) is 3. The van der Waals surface area contributed by atoms with Crippen LogP contribution in [0.25, 0.3) is 0 Å². The standard InChI is InChI=1S/C14H16F2N2O4/c15-9-3-4-18(7-9)13(20)12(17-14(21)22)5-8-1-2-10(19)6-11(8)16/h1-2,6,9,12,17,19H,3-5,7H2,(H,21,22)/t9-,12-/m0/s1. The number of alkyl halides is 1. The minimum atomic E-state index is -1.42. The molecule has 3 N–H and O–H groups in total. The highest BCUT2D eigenvalue weighted by Crippen LogP contribution is 2.19. The molecule has 1 fully saturated rings. The Kier molecular flexibility index (Phi) is 4.79. The normalized spacial score (nSPS) is 19.0. The average molecular weight is 314 g/mol. The number of carboxylic acid groups (broad SMARTS) is 1. The van der Waals surface area contributed by atoms with Crippen molar-refractivity contribution in [1.29, 1.82) is 0 Å². The molecule has 0 saturated carbocycles. The summed E-state index contributed by atoms with van der Waals surface area (Å²) in [5, 5.41) is 20.0. The van der Waals surface area contributed by atoms with E-state index in [1.807, 2.05) is 5.32 Å². The van der Waals surface area contributed by atoms with Gasteiger partial charge in [-0.2, -0.15) is 0 Å². The number of likely N-dealkylation sites (tertiary alicyclic amines) is 1. The van der Waals surface area contributed by atoms with Gasteiger partial charge in [0.1, 0.15) is 23.8 Å². The van der Waals surface area contributed by atoms with Gasteiger partial charge >= 0.3 is 6.09 Å². The predicted octanol–water partition coefficient (Wildman–Crippen LogP) is 1.28. The molecular formula is C14H16F2N2O4. The zero-order valence-corrected chi connectivity index (χ0v) is 11.6. The molecule has 1 aromatic carbocycles. The molecule has 2 rings (SSSR count). The smallest absolute Gasteiger partial charge is 0.405 e. The molecule has 0 radical (unpaired) electrons. The van der Waals surface area contributed by atoms with Gasteiger partial charge < -0.3 is 20.4 Å². The van der Waals surface area contributed by atoms with Crippen molar-refractivity contribution in [2.75, 3.05) is 13.1 Å². The second-order valence-electron chi connectivity index (χ2n) is 5.15. The van der Waals surface area contributed by atoms with Crippen molar-refractivity contribution in [3.63, 3.8) is 0 Å². The van der Waals surface area contributed by atoms with Crippen LogP contribution in [-0.2, 0) is 11.2 Å². The molecule has 0 bridgehead atoms. The summed E-state index contributed by atoms with van der Waals surface area (Å²) >= 11 is 0. The fourth-order valence-corrected chi connectivity index (χ4v) is 2.41. The Bertz CT molecular complexity index is 582. The lowest BCUT2D eigenvalue weighted by Gasteiger charge is -2.23. The summed E-state index contributed by atoms with van der Waals surface area (Å²) in [5.41, 5.74) is 0.0842. The quantitative estimate of drug-likeness (QED) is 0.781. The maximum atomic E-state index is 13.7. The third-order valence-corrected chi connectivity index (χ3v) is 3.50. The third kappa shape index (κ3) is 3.84. The number of halogens is 2. The molecule has 1 saturated heterocycles. The minimum Gasteiger partial charge on any atom is -0.508 e. The van der Waals surface area contributed by atoms with Crippen molar-refractivity contribution in [3.05, 3.63) is 29.6 Å². The fraction of sp³-hybridized carbons (Fsp3) is 0.429. The summed E-state index contributed by atoms with van der Waals surface area (Å²) in [6, 6.07) is 2.19. The average Bonchev–Trinajstić information content (AvgIpc) is 2.86. The molecule has 2 amide bonds. The Labute approximate surface area is 125 Å². The second kappa shape index (κ2) is 6.59. The number of nitrogens with zero attached hydrogens (tertiary/aromatic N) is 1. The van der Waals surface area contributed by atoms with E-state index in [0.717, 1.165) is 6.07 Å². The maximum Gasteiger partial charge on any atom is 0.405 e. The van der Waals surface area contributed by atoms with E-state index in [2.05, 4.69) is 0 Å². The lowest BCUT2D eigenvalue weighted by molar-refractivity contribution is -0.132. The van der Waals surface area contributed by atoms with Crippen LogP contribution >= 0.6 is 0 Å². The highest BCUT2D eigenvalue weighted by atomic mass is 19.1. The molecule has 1 aliphatic rings. The molecule has 0 aliphatic carbocycles. The molecule has 0 spiro atoms. The van der Waals surface area contributed by atoms with E-state index in [0.29, 0.717) is 0 Å². The van der Waals surface area contributed by atoms with Gasteiger partial charge in [0.25, 0.3) is 0 Å². The highest BCUT2D eigenvalue weighted by Gasteiger charge is 2.32. The van der Waals surface area contributed by atoms with Crippen molar-refractivity contribution >= 4 is 12.0 Å². The first kappa shape index (κ1) is 16.0. The number of carbonyl (C=O) groups excluding carboxylic acids is 1. The van der Waals surface area contributed by atoms with Gasteiger partial charge in [-0.25, -0.2) is 13.6 Å². The summed E-state index contributed by atoms with van der Waals surface area (Å²) in [6.45, 7) is 0.116. The topological polar surface area (TPSA) is 89.9 Å². The molecule has 120 valence electrons. The molecular weight excluding hydrogens is 298 g/mol. The number of phenols is 1. The summed E-state index contributed by atoms with van der Waals surface area (Å²) in [6.07, 6.45) is -2.56. The number of nitrogens with one attached hydrogen (secondary N) is 1. The summed E-state index contributed by atoms with van der Waals surface area (Å²) in [7, 11) is 0. The van der Waals surface area contributed by atoms with Crippen molar-refractivity contribution in [2.45, 2.75) is 25.1 Å². The van der Waals surface area contributed by atoms with Crippen molar-refractivity contribution in [3.8, 4) is 5.75 Å². The number of benzene rings is 1. The highest BCUT2D eigenvalue weighted by molar-refractivity contribution is 5.85. The first-order valence-electron chi connectivity index (χ1n) is 6.76. The number of amides is 2. The summed E-state index contributed by atoms with van der Waals surface area (Å²) in [5.74, 6) is -1.60. The van der Waals surface area contributed by atoms with E-state index in [4.69, 9.17) is 10.2 Å². The van der Waals surface area contributed by atoms with Crippen molar-refractivity contribution in [1.82, 2.24) is 10.2 Å². The van der Waals surface area contributed by atoms with Crippen LogP contribution in [0, 0.1) is 5.82 Å². The molecule has 1 aromatic rings. The van der Waals surface area contributed by atoms with Gasteiger partial charge in [-0.15, -0.1) is 0 Å². The number of carbonyl (C=O) groups is 2. The first-order valence-corrected chi connectivity index (χ1v) is 6.76. The van der Waals surface area contributed by atoms with Gasteiger partial charge in [-0.1, -0.05) is 6.07 Å². The summed E-state index contributed by atoms with van der Waals surface area (Å²) < 4.78 is 26.9. The number of hydrogen-bond donors (Lipinski definition) is 3. The number of aromatic hydroxyl groups is 1. The Morgan fingerprint density at radius 2 is 2.18 bits per heavy atom. The van der Waals surface area contributed by atoms with E-state index in [-0.39, 0.29) is 37.2 Å². The predicted molar refractivity (Wildman–Crippen MR) is 72.8 cm³/mol. The second-order valence-corrected chi connectivity index (χ2v) is 5.15. The zero-order valence-electron chi connectivity index (χ0n) is 11.6. The maximum absolute atomic E-state index is 13.7. The zero-order chi connectivity index (χ0) is 16.3. The molecule has 0 unspecified atom stereocenters. The van der Waals surface area contributed by atoms with Crippen molar-refractivity contribution < 1.29 is 28.6 Å². The molecule has 2 atom stereocenters. The molecule has 8 heteroatoms. The molecule has 1 aliphatic heterocycles. The fourth-order valence-electron chi connectivity index (χ4n) is 2.41. The van der Waals surface area contributed by atoms with Crippen LogP contribution in [0.3, 0.4) is 0 Å². The third-order valence-electron chi connectivity index (χ3n) is 3.50. The van der Waals surface area contributed by atoms with Crippen LogP contribution in [-0.4, -0.2) is 52.4 Å². The SMILES string of the molecule is O=C(O)N[C@@H](Cc1ccc(O)cc1F)C(=O)N1CC[C@H](F)C1. The number of phenolic OH excluding ortho intramolecular Hbond substituents is 1. The molecule has 0 aromatic heterocycles. The van der Waals surface area contributed by atoms with Gasteiger partial charge in [-0.3, -0.25) is 4.79 Å². The Morgan fingerprint density at radius 1 is 1.45 bits per heavy atom. The Balaban J connectivity index is 2.15. The van der Waals surface area contributed by atoms with Gasteiger partial charge in [0.2, 0.25) is 5.91 Å². The van der Waals surface area contributed by atoms with Crippen LogP contribution in [0.2, 0.25) is 0 Å². The molecule has 6 nitrogen and oxygen atoms in total. The molecule has 22 heavy (non-hydrogen) atoms. The largest absolute Gasteiger partial charge is 0.508 e. The first-order chi connectivity index (χ1) is 10.4. The van der Waals surface area contributed by atoms with Crippen LogP contribution in [0.5, 0.6) is 5.75 Å². The van der Waals surface area contributed by atoms with Crippen LogP contribution < -0.4 is 5.32 Å². The number of rotatable bonds is 4. The van der Waals surface area contributed by atoms with Crippen LogP contribution in [0.1, 0.15) is 12.0 Å². The van der Waals surface area contributed by atoms with E-state index < -0.39 is 30.0 Å². The van der Waals surface area contributed by atoms with Gasteiger partial charge in [0.15, 0.2) is 0 Å². The van der Waals surface area contributed by atoms with Gasteiger partial charge in [0, 0.05) is 19.0 Å². The summed E-state index contributed by atoms with van der Waals surface area (Å²) in [4.78, 5) is 24.3. The Morgan fingerprint density at radius 3 is 2.73 bits per heavy atom. The lowest BCUT2D eigenvalue weighted by atomic mass is 10.0. The Hall–Kier alpha value is -2.38. The van der Waals surface area contributed by atoms with Crippen molar-refractivity contribution in [2.24, 2.45) is 0 Å².